The van der Waals surface area contributed by atoms with E-state index in [9.17, 15) is 5.11 Å². The Hall–Kier alpha value is -1.60. The summed E-state index contributed by atoms with van der Waals surface area (Å²) < 4.78 is 0. The topological polar surface area (TPSA) is 82.9 Å². The van der Waals surface area contributed by atoms with Crippen LogP contribution in [-0.2, 0) is 0 Å². The molecule has 1 heterocycles. The Morgan fingerprint density at radius 3 is 2.76 bits per heavy atom. The van der Waals surface area contributed by atoms with Crippen molar-refractivity contribution in [2.45, 2.75) is 44.6 Å². The highest BCUT2D eigenvalue weighted by atomic mass is 16.3. The van der Waals surface area contributed by atoms with Gasteiger partial charge in [-0.1, -0.05) is 6.92 Å². The number of nitriles is 1. The molecule has 1 aromatic heterocycles. The number of anilines is 1. The molecule has 92 valence electrons. The zero-order valence-electron chi connectivity index (χ0n) is 10.3. The van der Waals surface area contributed by atoms with Crippen molar-refractivity contribution in [2.75, 3.05) is 5.73 Å². The molecule has 0 saturated carbocycles. The van der Waals surface area contributed by atoms with Gasteiger partial charge in [0, 0.05) is 0 Å². The summed E-state index contributed by atoms with van der Waals surface area (Å²) in [7, 11) is 0. The smallest absolute Gasteiger partial charge is 0.0885 e. The van der Waals surface area contributed by atoms with Crippen LogP contribution >= 0.6 is 0 Å². The first-order valence-electron chi connectivity index (χ1n) is 5.82. The quantitative estimate of drug-likeness (QED) is 0.816. The fraction of sp³-hybridized carbons (Fsp3) is 0.538. The number of pyridine rings is 1. The molecule has 0 radical (unpaired) electrons. The van der Waals surface area contributed by atoms with Crippen molar-refractivity contribution in [1.29, 1.82) is 5.26 Å². The predicted octanol–water partition coefficient (Wildman–Crippen LogP) is 2.21. The molecule has 1 aromatic rings. The summed E-state index contributed by atoms with van der Waals surface area (Å²) in [6, 6.07) is 5.73. The van der Waals surface area contributed by atoms with E-state index in [1.54, 1.807) is 25.3 Å². The van der Waals surface area contributed by atoms with Gasteiger partial charge in [0.15, 0.2) is 0 Å². The Bertz CT molecular complexity index is 392. The second kappa shape index (κ2) is 5.65. The first kappa shape index (κ1) is 13.5. The molecule has 0 fully saturated rings. The van der Waals surface area contributed by atoms with Gasteiger partial charge in [-0.05, 0) is 38.3 Å². The van der Waals surface area contributed by atoms with E-state index in [2.05, 4.69) is 11.1 Å². The van der Waals surface area contributed by atoms with E-state index in [1.165, 1.54) is 0 Å². The Morgan fingerprint density at radius 2 is 2.29 bits per heavy atom. The van der Waals surface area contributed by atoms with E-state index in [0.717, 1.165) is 0 Å². The third-order valence-corrected chi connectivity index (χ3v) is 3.06. The average Bonchev–Trinajstić information content (AvgIpc) is 2.32. The summed E-state index contributed by atoms with van der Waals surface area (Å²) in [5.41, 5.74) is 6.15. The lowest BCUT2D eigenvalue weighted by molar-refractivity contribution is 0.0441. The van der Waals surface area contributed by atoms with Gasteiger partial charge < -0.3 is 10.8 Å². The number of hydrogen-bond donors (Lipinski definition) is 2. The summed E-state index contributed by atoms with van der Waals surface area (Å²) in [5.74, 6) is -0.284. The van der Waals surface area contributed by atoms with Crippen molar-refractivity contribution in [3.63, 3.8) is 0 Å². The molecule has 0 aromatic carbocycles. The van der Waals surface area contributed by atoms with E-state index in [0.29, 0.717) is 30.6 Å². The lowest BCUT2D eigenvalue weighted by Crippen LogP contribution is -2.23. The molecule has 17 heavy (non-hydrogen) atoms. The lowest BCUT2D eigenvalue weighted by Gasteiger charge is -2.22. The predicted molar refractivity (Wildman–Crippen MR) is 67.2 cm³/mol. The Balaban J connectivity index is 2.67. The Kier molecular flexibility index (Phi) is 4.47. The van der Waals surface area contributed by atoms with Crippen LogP contribution in [0.25, 0.3) is 0 Å². The molecule has 1 unspecified atom stereocenters. The van der Waals surface area contributed by atoms with Crippen molar-refractivity contribution in [3.8, 4) is 6.07 Å². The van der Waals surface area contributed by atoms with Gasteiger partial charge in [0.1, 0.15) is 0 Å². The molecule has 4 heteroatoms. The number of nitrogens with zero attached hydrogens (tertiary/aromatic N) is 2. The van der Waals surface area contributed by atoms with Crippen LogP contribution in [0, 0.1) is 11.3 Å². The zero-order valence-corrected chi connectivity index (χ0v) is 10.3. The summed E-state index contributed by atoms with van der Waals surface area (Å²) in [4.78, 5) is 4.15. The fourth-order valence-electron chi connectivity index (χ4n) is 1.53. The molecule has 0 amide bonds. The highest BCUT2D eigenvalue weighted by Gasteiger charge is 2.21. The van der Waals surface area contributed by atoms with Crippen LogP contribution in [0.5, 0.6) is 0 Å². The van der Waals surface area contributed by atoms with Crippen molar-refractivity contribution in [1.82, 2.24) is 4.98 Å². The molecular weight excluding hydrogens is 214 g/mol. The first-order chi connectivity index (χ1) is 7.98. The molecule has 2 atom stereocenters. The maximum Gasteiger partial charge on any atom is 0.0885 e. The van der Waals surface area contributed by atoms with Gasteiger partial charge in [0.25, 0.3) is 0 Å². The molecule has 0 bridgehead atoms. The second-order valence-electron chi connectivity index (χ2n) is 4.59. The van der Waals surface area contributed by atoms with Gasteiger partial charge in [-0.25, -0.2) is 0 Å². The lowest BCUT2D eigenvalue weighted by atomic mass is 9.90. The zero-order chi connectivity index (χ0) is 12.9. The van der Waals surface area contributed by atoms with Crippen LogP contribution in [0.2, 0.25) is 0 Å². The largest absolute Gasteiger partial charge is 0.397 e. The Labute approximate surface area is 102 Å². The van der Waals surface area contributed by atoms with Crippen molar-refractivity contribution in [2.24, 2.45) is 0 Å². The van der Waals surface area contributed by atoms with Crippen LogP contribution in [-0.4, -0.2) is 15.7 Å². The number of aliphatic hydroxyl groups is 1. The number of aromatic nitrogens is 1. The van der Waals surface area contributed by atoms with Crippen molar-refractivity contribution in [3.05, 3.63) is 24.0 Å². The summed E-state index contributed by atoms with van der Waals surface area (Å²) in [6.07, 6.45) is 3.43. The molecule has 3 N–H and O–H groups in total. The minimum absolute atomic E-state index is 0.284. The minimum Gasteiger partial charge on any atom is -0.397 e. The maximum absolute atomic E-state index is 9.91. The first-order valence-corrected chi connectivity index (χ1v) is 5.82. The second-order valence-corrected chi connectivity index (χ2v) is 4.59. The van der Waals surface area contributed by atoms with Gasteiger partial charge in [0.2, 0.25) is 0 Å². The monoisotopic (exact) mass is 233 g/mol. The van der Waals surface area contributed by atoms with Crippen LogP contribution < -0.4 is 5.73 Å². The van der Waals surface area contributed by atoms with Crippen molar-refractivity contribution >= 4 is 5.69 Å². The van der Waals surface area contributed by atoms with E-state index >= 15 is 0 Å². The molecule has 1 rings (SSSR count). The summed E-state index contributed by atoms with van der Waals surface area (Å²) >= 11 is 0. The summed E-state index contributed by atoms with van der Waals surface area (Å²) in [5, 5.41) is 19.0. The third-order valence-electron chi connectivity index (χ3n) is 3.06. The highest BCUT2D eigenvalue weighted by molar-refractivity contribution is 5.36. The fourth-order valence-corrected chi connectivity index (χ4v) is 1.53. The molecule has 0 saturated heterocycles. The van der Waals surface area contributed by atoms with Gasteiger partial charge in [-0.3, -0.25) is 4.98 Å². The van der Waals surface area contributed by atoms with Gasteiger partial charge in [-0.15, -0.1) is 0 Å². The van der Waals surface area contributed by atoms with E-state index in [4.69, 9.17) is 11.0 Å². The minimum atomic E-state index is -0.705. The number of rotatable bonds is 5. The summed E-state index contributed by atoms with van der Waals surface area (Å²) in [6.45, 7) is 3.72. The van der Waals surface area contributed by atoms with Crippen LogP contribution in [0.4, 0.5) is 5.69 Å². The SMILES string of the molecule is CC[C@@](C)(O)CCC(C#N)c1ccc(N)cn1. The molecule has 0 aliphatic carbocycles. The number of hydrogen-bond acceptors (Lipinski definition) is 4. The van der Waals surface area contributed by atoms with E-state index in [-0.39, 0.29) is 5.92 Å². The van der Waals surface area contributed by atoms with Crippen LogP contribution in [0.1, 0.15) is 44.7 Å². The standard InChI is InChI=1S/C13H19N3O/c1-3-13(2,17)7-6-10(8-14)12-5-4-11(15)9-16-12/h4-5,9-10,17H,3,6-7,15H2,1-2H3/t10?,13-/m1/s1. The molecule has 0 spiro atoms. The number of nitrogen functional groups attached to an aromatic ring is 1. The Morgan fingerprint density at radius 1 is 1.59 bits per heavy atom. The van der Waals surface area contributed by atoms with Crippen molar-refractivity contribution < 1.29 is 5.11 Å². The normalized spacial score (nSPS) is 15.9. The third kappa shape index (κ3) is 4.04. The van der Waals surface area contributed by atoms with Gasteiger partial charge in [0.05, 0.1) is 35.2 Å². The van der Waals surface area contributed by atoms with Gasteiger partial charge >= 0.3 is 0 Å². The average molecular weight is 233 g/mol. The van der Waals surface area contributed by atoms with Crippen LogP contribution in [0.3, 0.4) is 0 Å². The number of nitrogens with two attached hydrogens (primary N) is 1. The van der Waals surface area contributed by atoms with E-state index < -0.39 is 5.60 Å². The molecule has 0 aliphatic rings. The van der Waals surface area contributed by atoms with Crippen LogP contribution in [0.15, 0.2) is 18.3 Å². The molecule has 4 nitrogen and oxygen atoms in total. The highest BCUT2D eigenvalue weighted by Crippen LogP contribution is 2.25. The molecular formula is C13H19N3O. The molecule has 0 aliphatic heterocycles. The van der Waals surface area contributed by atoms with Gasteiger partial charge in [-0.2, -0.15) is 5.26 Å². The van der Waals surface area contributed by atoms with E-state index in [1.807, 2.05) is 6.92 Å². The maximum atomic E-state index is 9.91.